The molecule has 19 heavy (non-hydrogen) atoms. The summed E-state index contributed by atoms with van der Waals surface area (Å²) in [6.07, 6.45) is 2.27. The first-order valence-electron chi connectivity index (χ1n) is 5.89. The molecule has 0 saturated heterocycles. The lowest BCUT2D eigenvalue weighted by Gasteiger charge is -2.12. The largest absolute Gasteiger partial charge is 0.481 e. The Morgan fingerprint density at radius 3 is 2.95 bits per heavy atom. The van der Waals surface area contributed by atoms with Crippen molar-refractivity contribution in [2.45, 2.75) is 19.9 Å². The van der Waals surface area contributed by atoms with Crippen LogP contribution in [0.4, 0.5) is 0 Å². The molecule has 0 unspecified atom stereocenters. The third kappa shape index (κ3) is 2.93. The maximum Gasteiger partial charge on any atom is 0.255 e. The van der Waals surface area contributed by atoms with Gasteiger partial charge in [-0.1, -0.05) is 24.6 Å². The second kappa shape index (κ2) is 5.84. The number of aromatic nitrogens is 3. The molecule has 0 saturated carbocycles. The van der Waals surface area contributed by atoms with Gasteiger partial charge in [0.1, 0.15) is 11.0 Å². The highest BCUT2D eigenvalue weighted by Crippen LogP contribution is 2.15. The fourth-order valence-corrected chi connectivity index (χ4v) is 2.05. The van der Waals surface area contributed by atoms with Crippen molar-refractivity contribution in [1.29, 1.82) is 0 Å². The van der Waals surface area contributed by atoms with Crippen molar-refractivity contribution in [3.63, 3.8) is 0 Å². The number of aryl methyl sites for hydroxylation is 1. The Hall–Kier alpha value is -1.88. The van der Waals surface area contributed by atoms with E-state index in [0.717, 1.165) is 5.56 Å². The molecule has 0 aromatic carbocycles. The maximum absolute atomic E-state index is 12.0. The van der Waals surface area contributed by atoms with Gasteiger partial charge < -0.3 is 4.74 Å². The van der Waals surface area contributed by atoms with E-state index in [-0.39, 0.29) is 10.7 Å². The molecular formula is C13H14ClN3O2. The molecule has 0 aliphatic carbocycles. The fourth-order valence-electron chi connectivity index (χ4n) is 1.86. The van der Waals surface area contributed by atoms with Gasteiger partial charge in [-0.25, -0.2) is 9.97 Å². The minimum Gasteiger partial charge on any atom is -0.481 e. The van der Waals surface area contributed by atoms with Crippen LogP contribution in [0, 0.1) is 0 Å². The van der Waals surface area contributed by atoms with E-state index >= 15 is 0 Å². The molecule has 100 valence electrons. The number of hydrogen-bond acceptors (Lipinski definition) is 4. The minimum absolute atomic E-state index is 0.178. The van der Waals surface area contributed by atoms with Crippen LogP contribution < -0.4 is 10.3 Å². The van der Waals surface area contributed by atoms with Crippen LogP contribution in [0.1, 0.15) is 18.3 Å². The van der Waals surface area contributed by atoms with Gasteiger partial charge in [-0.15, -0.1) is 0 Å². The smallest absolute Gasteiger partial charge is 0.255 e. The van der Waals surface area contributed by atoms with Crippen molar-refractivity contribution in [2.24, 2.45) is 0 Å². The average molecular weight is 280 g/mol. The van der Waals surface area contributed by atoms with Crippen LogP contribution in [-0.2, 0) is 13.0 Å². The van der Waals surface area contributed by atoms with Gasteiger partial charge in [0, 0.05) is 24.2 Å². The summed E-state index contributed by atoms with van der Waals surface area (Å²) >= 11 is 5.80. The molecular weight excluding hydrogens is 266 g/mol. The Bertz CT molecular complexity index is 640. The van der Waals surface area contributed by atoms with Crippen molar-refractivity contribution in [3.05, 3.63) is 51.3 Å². The molecule has 0 bridgehead atoms. The van der Waals surface area contributed by atoms with E-state index in [9.17, 15) is 4.79 Å². The van der Waals surface area contributed by atoms with Gasteiger partial charge in [0.15, 0.2) is 0 Å². The summed E-state index contributed by atoms with van der Waals surface area (Å²) < 4.78 is 6.76. The van der Waals surface area contributed by atoms with Crippen LogP contribution in [-0.4, -0.2) is 21.6 Å². The zero-order valence-electron chi connectivity index (χ0n) is 10.8. The van der Waals surface area contributed by atoms with Crippen LogP contribution in [0.2, 0.25) is 5.15 Å². The van der Waals surface area contributed by atoms with E-state index in [1.807, 2.05) is 13.0 Å². The summed E-state index contributed by atoms with van der Waals surface area (Å²) in [7, 11) is 1.55. The van der Waals surface area contributed by atoms with Crippen molar-refractivity contribution in [1.82, 2.24) is 14.5 Å². The molecule has 6 heteroatoms. The predicted octanol–water partition coefficient (Wildman–Crippen LogP) is 1.91. The van der Waals surface area contributed by atoms with Gasteiger partial charge in [0.25, 0.3) is 5.56 Å². The molecule has 0 aliphatic rings. The third-order valence-electron chi connectivity index (χ3n) is 2.74. The van der Waals surface area contributed by atoms with Gasteiger partial charge in [-0.2, -0.15) is 0 Å². The fraction of sp³-hybridized carbons (Fsp3) is 0.308. The van der Waals surface area contributed by atoms with E-state index in [2.05, 4.69) is 9.97 Å². The van der Waals surface area contributed by atoms with Crippen molar-refractivity contribution < 1.29 is 4.74 Å². The van der Waals surface area contributed by atoms with Gasteiger partial charge in [0.05, 0.1) is 13.7 Å². The summed E-state index contributed by atoms with van der Waals surface area (Å²) in [5.74, 6) is 1.15. The molecule has 2 aromatic rings. The molecule has 0 aliphatic heterocycles. The van der Waals surface area contributed by atoms with Crippen LogP contribution in [0.25, 0.3) is 0 Å². The Labute approximate surface area is 115 Å². The number of nitrogens with zero attached hydrogens (tertiary/aromatic N) is 3. The van der Waals surface area contributed by atoms with Crippen LogP contribution in [0.5, 0.6) is 5.88 Å². The topological polar surface area (TPSA) is 57.0 Å². The molecule has 2 aromatic heterocycles. The first-order valence-corrected chi connectivity index (χ1v) is 6.27. The number of methoxy groups -OCH3 is 1. The van der Waals surface area contributed by atoms with E-state index in [1.165, 1.54) is 6.07 Å². The summed E-state index contributed by atoms with van der Waals surface area (Å²) in [6.45, 7) is 2.29. The third-order valence-corrected chi connectivity index (χ3v) is 2.94. The van der Waals surface area contributed by atoms with E-state index in [1.54, 1.807) is 23.9 Å². The Balaban J connectivity index is 2.46. The van der Waals surface area contributed by atoms with E-state index in [4.69, 9.17) is 16.3 Å². The number of halogens is 1. The van der Waals surface area contributed by atoms with E-state index in [0.29, 0.717) is 24.7 Å². The summed E-state index contributed by atoms with van der Waals surface area (Å²) in [5.41, 5.74) is 0.647. The highest BCUT2D eigenvalue weighted by Gasteiger charge is 2.10. The second-order valence-electron chi connectivity index (χ2n) is 3.94. The van der Waals surface area contributed by atoms with Crippen molar-refractivity contribution in [3.8, 4) is 5.88 Å². The van der Waals surface area contributed by atoms with Crippen LogP contribution in [0.3, 0.4) is 0 Å². The lowest BCUT2D eigenvalue weighted by molar-refractivity contribution is 0.390. The number of pyridine rings is 1. The highest BCUT2D eigenvalue weighted by molar-refractivity contribution is 6.29. The minimum atomic E-state index is -0.178. The highest BCUT2D eigenvalue weighted by atomic mass is 35.5. The van der Waals surface area contributed by atoms with E-state index < -0.39 is 0 Å². The second-order valence-corrected chi connectivity index (χ2v) is 4.33. The van der Waals surface area contributed by atoms with Crippen LogP contribution >= 0.6 is 11.6 Å². The molecule has 0 atom stereocenters. The molecule has 2 heterocycles. The maximum atomic E-state index is 12.0. The van der Waals surface area contributed by atoms with Crippen molar-refractivity contribution in [2.75, 3.05) is 7.11 Å². The first-order chi connectivity index (χ1) is 9.15. The van der Waals surface area contributed by atoms with Crippen molar-refractivity contribution >= 4 is 11.6 Å². The first kappa shape index (κ1) is 13.5. The molecule has 2 rings (SSSR count). The predicted molar refractivity (Wildman–Crippen MR) is 72.8 cm³/mol. The molecule has 0 fully saturated rings. The molecule has 0 radical (unpaired) electrons. The monoisotopic (exact) mass is 279 g/mol. The zero-order valence-corrected chi connectivity index (χ0v) is 11.5. The van der Waals surface area contributed by atoms with Gasteiger partial charge in [-0.05, 0) is 6.07 Å². The molecule has 0 N–H and O–H groups in total. The number of hydrogen-bond donors (Lipinski definition) is 0. The quantitative estimate of drug-likeness (QED) is 0.802. The Kier molecular flexibility index (Phi) is 4.16. The van der Waals surface area contributed by atoms with Crippen LogP contribution in [0.15, 0.2) is 29.2 Å². The standard InChI is InChI=1S/C13H14ClN3O2/c1-3-11-16-10(14)7-12(18)17(11)8-9-5-4-6-15-13(9)19-2/h4-7H,3,8H2,1-2H3. The Morgan fingerprint density at radius 2 is 2.26 bits per heavy atom. The number of ether oxygens (including phenoxy) is 1. The average Bonchev–Trinajstić information content (AvgIpc) is 2.42. The Morgan fingerprint density at radius 1 is 1.47 bits per heavy atom. The molecule has 5 nitrogen and oxygen atoms in total. The van der Waals surface area contributed by atoms with Gasteiger partial charge >= 0.3 is 0 Å². The molecule has 0 amide bonds. The lowest BCUT2D eigenvalue weighted by Crippen LogP contribution is -2.25. The summed E-state index contributed by atoms with van der Waals surface area (Å²) in [5, 5.41) is 0.219. The normalized spacial score (nSPS) is 10.5. The summed E-state index contributed by atoms with van der Waals surface area (Å²) in [4.78, 5) is 20.3. The molecule has 0 spiro atoms. The summed E-state index contributed by atoms with van der Waals surface area (Å²) in [6, 6.07) is 4.98. The SMILES string of the molecule is CCc1nc(Cl)cc(=O)n1Cc1cccnc1OC. The zero-order chi connectivity index (χ0) is 13.8. The van der Waals surface area contributed by atoms with Gasteiger partial charge in [-0.3, -0.25) is 9.36 Å². The lowest BCUT2D eigenvalue weighted by atomic mass is 10.2. The van der Waals surface area contributed by atoms with Gasteiger partial charge in [0.2, 0.25) is 5.88 Å². The number of rotatable bonds is 4.